The minimum Gasteiger partial charge on any atom is -0.455 e. The minimum absolute atomic E-state index is 0.890. The summed E-state index contributed by atoms with van der Waals surface area (Å²) >= 11 is 0. The molecule has 1 heterocycles. The number of rotatable bonds is 7. The molecule has 0 amide bonds. The van der Waals surface area contributed by atoms with Crippen LogP contribution >= 0.6 is 0 Å². The first-order valence-corrected chi connectivity index (χ1v) is 22.7. The summed E-state index contributed by atoms with van der Waals surface area (Å²) < 4.78 is 6.61. The highest BCUT2D eigenvalue weighted by molar-refractivity contribution is 6.19. The van der Waals surface area contributed by atoms with E-state index >= 15 is 0 Å². The molecule has 0 spiro atoms. The van der Waals surface area contributed by atoms with E-state index in [1.807, 2.05) is 0 Å². The topological polar surface area (TPSA) is 16.4 Å². The van der Waals surface area contributed by atoms with Gasteiger partial charge in [0.25, 0.3) is 0 Å². The fourth-order valence-corrected chi connectivity index (χ4v) is 10.3. The molecule has 1 aromatic heterocycles. The molecule has 0 radical (unpaired) electrons. The molecule has 0 saturated heterocycles. The van der Waals surface area contributed by atoms with E-state index in [-0.39, 0.29) is 0 Å². The van der Waals surface area contributed by atoms with Crippen LogP contribution in [0.1, 0.15) is 0 Å². The van der Waals surface area contributed by atoms with Crippen molar-refractivity contribution >= 4 is 82.1 Å². The van der Waals surface area contributed by atoms with Crippen LogP contribution in [0.15, 0.2) is 253 Å². The third kappa shape index (κ3) is 6.26. The molecule has 0 aliphatic carbocycles. The van der Waals surface area contributed by atoms with E-state index in [4.69, 9.17) is 4.42 Å². The van der Waals surface area contributed by atoms with Gasteiger partial charge in [-0.25, -0.2) is 0 Å². The van der Waals surface area contributed by atoms with Gasteiger partial charge in [0.05, 0.1) is 5.69 Å². The number of hydrogen-bond donors (Lipinski definition) is 0. The quantitative estimate of drug-likeness (QED) is 0.149. The summed E-state index contributed by atoms with van der Waals surface area (Å²) in [5, 5.41) is 12.0. The maximum absolute atomic E-state index is 6.61. The van der Waals surface area contributed by atoms with Gasteiger partial charge in [-0.05, 0) is 119 Å². The molecule has 0 saturated carbocycles. The number of anilines is 3. The predicted octanol–water partition coefficient (Wildman–Crippen LogP) is 18.3. The molecule has 13 aromatic rings. The summed E-state index contributed by atoms with van der Waals surface area (Å²) in [5.74, 6) is 0. The molecule has 0 aliphatic heterocycles. The lowest BCUT2D eigenvalue weighted by molar-refractivity contribution is 0.673. The van der Waals surface area contributed by atoms with Crippen LogP contribution in [0.4, 0.5) is 17.1 Å². The summed E-state index contributed by atoms with van der Waals surface area (Å²) in [6.07, 6.45) is 0. The first-order chi connectivity index (χ1) is 32.7. The van der Waals surface area contributed by atoms with Gasteiger partial charge in [-0.3, -0.25) is 0 Å². The minimum atomic E-state index is 0.890. The lowest BCUT2D eigenvalue weighted by atomic mass is 9.92. The van der Waals surface area contributed by atoms with E-state index in [2.05, 4.69) is 254 Å². The second kappa shape index (κ2) is 15.5. The number of nitrogens with zero attached hydrogens (tertiary/aromatic N) is 1. The molecular formula is C64H41NO. The van der Waals surface area contributed by atoms with Gasteiger partial charge in [-0.2, -0.15) is 0 Å². The molecule has 13 rings (SSSR count). The van der Waals surface area contributed by atoms with E-state index in [0.29, 0.717) is 0 Å². The Morgan fingerprint density at radius 1 is 0.273 bits per heavy atom. The average Bonchev–Trinajstić information content (AvgIpc) is 3.79. The fraction of sp³-hybridized carbons (Fsp3) is 0. The zero-order valence-electron chi connectivity index (χ0n) is 36.0. The first kappa shape index (κ1) is 37.8. The first-order valence-electron chi connectivity index (χ1n) is 22.7. The molecular weight excluding hydrogens is 799 g/mol. The highest BCUT2D eigenvalue weighted by Crippen LogP contribution is 2.46. The lowest BCUT2D eigenvalue weighted by Crippen LogP contribution is -2.11. The second-order valence-corrected chi connectivity index (χ2v) is 17.2. The molecule has 0 unspecified atom stereocenters. The molecule has 66 heavy (non-hydrogen) atoms. The predicted molar refractivity (Wildman–Crippen MR) is 280 cm³/mol. The largest absolute Gasteiger partial charge is 0.455 e. The van der Waals surface area contributed by atoms with E-state index in [0.717, 1.165) is 72.2 Å². The Morgan fingerprint density at radius 2 is 0.773 bits per heavy atom. The van der Waals surface area contributed by atoms with E-state index in [1.165, 1.54) is 54.4 Å². The van der Waals surface area contributed by atoms with Crippen molar-refractivity contribution < 1.29 is 4.42 Å². The smallest absolute Gasteiger partial charge is 0.143 e. The highest BCUT2D eigenvalue weighted by atomic mass is 16.3. The second-order valence-electron chi connectivity index (χ2n) is 17.2. The van der Waals surface area contributed by atoms with Gasteiger partial charge in [-0.15, -0.1) is 0 Å². The third-order valence-corrected chi connectivity index (χ3v) is 13.5. The van der Waals surface area contributed by atoms with Crippen molar-refractivity contribution in [2.75, 3.05) is 4.90 Å². The lowest BCUT2D eigenvalue weighted by Gasteiger charge is -2.29. The van der Waals surface area contributed by atoms with Crippen molar-refractivity contribution in [3.05, 3.63) is 249 Å². The van der Waals surface area contributed by atoms with Crippen molar-refractivity contribution in [2.24, 2.45) is 0 Å². The van der Waals surface area contributed by atoms with E-state index in [1.54, 1.807) is 0 Å². The van der Waals surface area contributed by atoms with E-state index in [9.17, 15) is 0 Å². The van der Waals surface area contributed by atoms with Crippen LogP contribution in [0.25, 0.3) is 110 Å². The van der Waals surface area contributed by atoms with Crippen molar-refractivity contribution in [3.63, 3.8) is 0 Å². The maximum atomic E-state index is 6.61. The Hall–Kier alpha value is -8.72. The van der Waals surface area contributed by atoms with Crippen molar-refractivity contribution in [1.29, 1.82) is 0 Å². The van der Waals surface area contributed by atoms with Crippen molar-refractivity contribution in [3.8, 4) is 44.5 Å². The van der Waals surface area contributed by atoms with Gasteiger partial charge < -0.3 is 9.32 Å². The fourth-order valence-electron chi connectivity index (χ4n) is 10.3. The van der Waals surface area contributed by atoms with Gasteiger partial charge in [-0.1, -0.05) is 206 Å². The third-order valence-electron chi connectivity index (χ3n) is 13.5. The van der Waals surface area contributed by atoms with Crippen LogP contribution in [0.5, 0.6) is 0 Å². The van der Waals surface area contributed by atoms with Crippen LogP contribution in [0, 0.1) is 0 Å². The molecule has 12 aromatic carbocycles. The molecule has 0 fully saturated rings. The Kier molecular flexibility index (Phi) is 8.89. The molecule has 0 aliphatic rings. The van der Waals surface area contributed by atoms with Crippen LogP contribution in [-0.4, -0.2) is 0 Å². The Morgan fingerprint density at radius 3 is 1.52 bits per heavy atom. The van der Waals surface area contributed by atoms with Gasteiger partial charge in [0, 0.05) is 33.1 Å². The van der Waals surface area contributed by atoms with Gasteiger partial charge in [0.1, 0.15) is 11.2 Å². The molecule has 0 N–H and O–H groups in total. The van der Waals surface area contributed by atoms with Crippen molar-refractivity contribution in [2.45, 2.75) is 0 Å². The van der Waals surface area contributed by atoms with Crippen LogP contribution in [-0.2, 0) is 0 Å². The van der Waals surface area contributed by atoms with Crippen molar-refractivity contribution in [1.82, 2.24) is 0 Å². The van der Waals surface area contributed by atoms with Gasteiger partial charge >= 0.3 is 0 Å². The highest BCUT2D eigenvalue weighted by Gasteiger charge is 2.21. The van der Waals surface area contributed by atoms with E-state index < -0.39 is 0 Å². The molecule has 2 nitrogen and oxygen atoms in total. The summed E-state index contributed by atoms with van der Waals surface area (Å²) in [4.78, 5) is 2.43. The Labute approximate surface area is 382 Å². The Bertz CT molecular complexity index is 3970. The summed E-state index contributed by atoms with van der Waals surface area (Å²) in [7, 11) is 0. The van der Waals surface area contributed by atoms with Crippen LogP contribution in [0.3, 0.4) is 0 Å². The SMILES string of the molecule is c1ccc(-c2ccc(-c3cccc4c3ccc3ccccc34)cc2N(c2ccc(-c3cccc4ccccc34)cc2)c2ccc(-c3cccc4oc5c6ccccc6ccc5c34)cc2)cc1. The standard InChI is InChI=1S/C64H41NO/c1-2-13-43(14-3-1)55-38-33-48(54-23-11-25-58-53-20-8-5-16-44(53)31-39-59(54)58)41-61(55)65(49-34-27-46(28-35-49)52-22-10-18-42-15-4-7-19-51(42)52)50-36-29-47(30-37-50)56-24-12-26-62-63(56)60-40-32-45-17-6-9-21-57(45)64(60)66-62/h1-41H. The summed E-state index contributed by atoms with van der Waals surface area (Å²) in [6, 6.07) is 90.4. The normalized spacial score (nSPS) is 11.6. The average molecular weight is 840 g/mol. The van der Waals surface area contributed by atoms with Crippen LogP contribution < -0.4 is 4.90 Å². The molecule has 2 heteroatoms. The zero-order valence-corrected chi connectivity index (χ0v) is 36.0. The van der Waals surface area contributed by atoms with Gasteiger partial charge in [0.2, 0.25) is 0 Å². The zero-order chi connectivity index (χ0) is 43.6. The number of hydrogen-bond acceptors (Lipinski definition) is 2. The summed E-state index contributed by atoms with van der Waals surface area (Å²) in [6.45, 7) is 0. The van der Waals surface area contributed by atoms with Crippen LogP contribution in [0.2, 0.25) is 0 Å². The number of fused-ring (bicyclic) bond motifs is 9. The van der Waals surface area contributed by atoms with Gasteiger partial charge in [0.15, 0.2) is 0 Å². The molecule has 0 bridgehead atoms. The number of benzene rings is 12. The maximum Gasteiger partial charge on any atom is 0.143 e. The Balaban J connectivity index is 1.01. The monoisotopic (exact) mass is 839 g/mol. The molecule has 308 valence electrons. The number of furan rings is 1. The molecule has 0 atom stereocenters. The summed E-state index contributed by atoms with van der Waals surface area (Å²) in [5.41, 5.74) is 14.4.